The van der Waals surface area contributed by atoms with Gasteiger partial charge < -0.3 is 19.1 Å². The van der Waals surface area contributed by atoms with Crippen LogP contribution in [0.2, 0.25) is 0 Å². The highest BCUT2D eigenvalue weighted by atomic mass is 16.5. The van der Waals surface area contributed by atoms with Crippen molar-refractivity contribution in [2.45, 2.75) is 45.2 Å². The van der Waals surface area contributed by atoms with Crippen LogP contribution in [0, 0.1) is 0 Å². The lowest BCUT2D eigenvalue weighted by Crippen LogP contribution is -2.38. The first kappa shape index (κ1) is 19.7. The molecule has 7 heteroatoms. The zero-order chi connectivity index (χ0) is 21.7. The number of imidazole rings is 1. The fourth-order valence-electron chi connectivity index (χ4n) is 5.03. The summed E-state index contributed by atoms with van der Waals surface area (Å²) in [5.41, 5.74) is 3.31. The highest BCUT2D eigenvalue weighted by molar-refractivity contribution is 5.97. The van der Waals surface area contributed by atoms with Crippen LogP contribution in [0.25, 0.3) is 22.0 Å². The third-order valence-corrected chi connectivity index (χ3v) is 6.97. The lowest BCUT2D eigenvalue weighted by atomic mass is 10.0. The molecule has 0 atom stereocenters. The van der Waals surface area contributed by atoms with Gasteiger partial charge >= 0.3 is 0 Å². The maximum atomic E-state index is 12.5. The lowest BCUT2D eigenvalue weighted by Gasteiger charge is -2.29. The molecule has 1 saturated carbocycles. The van der Waals surface area contributed by atoms with E-state index in [2.05, 4.69) is 33.7 Å². The molecule has 0 spiro atoms. The largest absolute Gasteiger partial charge is 0.378 e. The number of morpholine rings is 1. The maximum absolute atomic E-state index is 12.5. The van der Waals surface area contributed by atoms with Crippen LogP contribution in [0.5, 0.6) is 0 Å². The third-order valence-electron chi connectivity index (χ3n) is 6.97. The van der Waals surface area contributed by atoms with Gasteiger partial charge in [0.1, 0.15) is 11.6 Å². The molecule has 3 aliphatic rings. The van der Waals surface area contributed by atoms with Gasteiger partial charge in [0.25, 0.3) is 0 Å². The van der Waals surface area contributed by atoms with Gasteiger partial charge in [0.15, 0.2) is 0 Å². The summed E-state index contributed by atoms with van der Waals surface area (Å²) in [5, 5.41) is 2.29. The Balaban J connectivity index is 1.44. The summed E-state index contributed by atoms with van der Waals surface area (Å²) >= 11 is 0. The molecule has 0 unspecified atom stereocenters. The Bertz CT molecular complexity index is 1180. The minimum Gasteiger partial charge on any atom is -0.378 e. The van der Waals surface area contributed by atoms with Gasteiger partial charge in [0, 0.05) is 55.7 Å². The zero-order valence-corrected chi connectivity index (χ0v) is 18.6. The molecule has 32 heavy (non-hydrogen) atoms. The predicted octanol–water partition coefficient (Wildman–Crippen LogP) is 3.56. The van der Waals surface area contributed by atoms with E-state index in [1.807, 2.05) is 18.0 Å². The first-order valence-electron chi connectivity index (χ1n) is 11.8. The van der Waals surface area contributed by atoms with Crippen molar-refractivity contribution in [3.63, 3.8) is 0 Å². The van der Waals surface area contributed by atoms with E-state index in [0.717, 1.165) is 61.9 Å². The van der Waals surface area contributed by atoms with Gasteiger partial charge in [-0.05, 0) is 24.3 Å². The second-order valence-electron chi connectivity index (χ2n) is 9.03. The molecule has 1 aromatic carbocycles. The topological polar surface area (TPSA) is 63.5 Å². The minimum atomic E-state index is 0.214. The monoisotopic (exact) mass is 431 g/mol. The van der Waals surface area contributed by atoms with Crippen LogP contribution in [-0.2, 0) is 22.6 Å². The quantitative estimate of drug-likeness (QED) is 0.632. The molecule has 3 aromatic rings. The summed E-state index contributed by atoms with van der Waals surface area (Å²) in [5.74, 6) is 2.99. The van der Waals surface area contributed by atoms with Crippen molar-refractivity contribution >= 4 is 22.5 Å². The van der Waals surface area contributed by atoms with Crippen molar-refractivity contribution in [1.82, 2.24) is 19.4 Å². The molecular formula is C25H29N5O2. The van der Waals surface area contributed by atoms with Crippen LogP contribution in [0.15, 0.2) is 30.5 Å². The number of hydrogen-bond acceptors (Lipinski definition) is 5. The molecule has 0 N–H and O–H groups in total. The van der Waals surface area contributed by atoms with Gasteiger partial charge in [0.05, 0.1) is 31.1 Å². The third kappa shape index (κ3) is 3.35. The Morgan fingerprint density at radius 1 is 1.16 bits per heavy atom. The van der Waals surface area contributed by atoms with Gasteiger partial charge in [-0.3, -0.25) is 4.79 Å². The molecule has 2 aromatic heterocycles. The number of carbonyl (C=O) groups is 1. The van der Waals surface area contributed by atoms with Crippen LogP contribution in [-0.4, -0.2) is 58.2 Å². The van der Waals surface area contributed by atoms with Crippen LogP contribution < -0.4 is 4.90 Å². The Morgan fingerprint density at radius 2 is 2.00 bits per heavy atom. The molecule has 1 amide bonds. The number of amides is 1. The Morgan fingerprint density at radius 3 is 2.78 bits per heavy atom. The first-order valence-corrected chi connectivity index (χ1v) is 11.8. The number of fused-ring (bicyclic) bond motifs is 2. The number of benzene rings is 1. The number of hydrogen-bond donors (Lipinski definition) is 0. The van der Waals surface area contributed by atoms with Crippen LogP contribution in [0.4, 0.5) is 5.82 Å². The summed E-state index contributed by atoms with van der Waals surface area (Å²) in [4.78, 5) is 26.7. The zero-order valence-electron chi connectivity index (χ0n) is 18.6. The van der Waals surface area contributed by atoms with Gasteiger partial charge in [-0.25, -0.2) is 9.97 Å². The maximum Gasteiger partial charge on any atom is 0.222 e. The number of carbonyl (C=O) groups excluding carboxylic acids is 1. The second kappa shape index (κ2) is 7.89. The molecule has 2 aliphatic heterocycles. The van der Waals surface area contributed by atoms with Crippen LogP contribution in [0.3, 0.4) is 0 Å². The fraction of sp³-hybridized carbons (Fsp3) is 0.480. The van der Waals surface area contributed by atoms with Gasteiger partial charge in [-0.15, -0.1) is 0 Å². The molecule has 166 valence electrons. The molecule has 0 radical (unpaired) electrons. The predicted molar refractivity (Wildman–Crippen MR) is 124 cm³/mol. The molecular weight excluding hydrogens is 402 g/mol. The fourth-order valence-corrected chi connectivity index (χ4v) is 5.03. The first-order chi connectivity index (χ1) is 15.7. The summed E-state index contributed by atoms with van der Waals surface area (Å²) < 4.78 is 7.88. The molecule has 6 rings (SSSR count). The van der Waals surface area contributed by atoms with Crippen LogP contribution >= 0.6 is 0 Å². The average Bonchev–Trinajstić information content (AvgIpc) is 3.63. The molecule has 1 saturated heterocycles. The lowest BCUT2D eigenvalue weighted by molar-refractivity contribution is -0.132. The van der Waals surface area contributed by atoms with E-state index in [9.17, 15) is 4.79 Å². The average molecular weight is 432 g/mol. The van der Waals surface area contributed by atoms with Crippen molar-refractivity contribution in [2.75, 3.05) is 37.7 Å². The van der Waals surface area contributed by atoms with Gasteiger partial charge in [0.2, 0.25) is 5.91 Å². The van der Waals surface area contributed by atoms with Gasteiger partial charge in [-0.1, -0.05) is 25.1 Å². The van der Waals surface area contributed by atoms with Crippen molar-refractivity contribution in [2.24, 2.45) is 0 Å². The minimum absolute atomic E-state index is 0.214. The van der Waals surface area contributed by atoms with E-state index in [4.69, 9.17) is 14.7 Å². The number of aromatic nitrogens is 3. The van der Waals surface area contributed by atoms with Crippen molar-refractivity contribution in [3.8, 4) is 11.3 Å². The number of rotatable bonds is 4. The molecule has 4 heterocycles. The highest BCUT2D eigenvalue weighted by Gasteiger charge is 2.34. The Hall–Kier alpha value is -2.93. The van der Waals surface area contributed by atoms with E-state index in [1.54, 1.807) is 0 Å². The van der Waals surface area contributed by atoms with E-state index in [0.29, 0.717) is 18.9 Å². The van der Waals surface area contributed by atoms with Gasteiger partial charge in [-0.2, -0.15) is 0 Å². The Labute approximate surface area is 188 Å². The van der Waals surface area contributed by atoms with Crippen molar-refractivity contribution < 1.29 is 9.53 Å². The smallest absolute Gasteiger partial charge is 0.222 e. The van der Waals surface area contributed by atoms with E-state index in [-0.39, 0.29) is 5.91 Å². The summed E-state index contributed by atoms with van der Waals surface area (Å²) in [6.45, 7) is 7.43. The second-order valence-corrected chi connectivity index (χ2v) is 9.03. The number of anilines is 1. The van der Waals surface area contributed by atoms with Crippen molar-refractivity contribution in [3.05, 3.63) is 42.0 Å². The van der Waals surface area contributed by atoms with Crippen LogP contribution in [0.1, 0.15) is 43.6 Å². The molecule has 0 bridgehead atoms. The summed E-state index contributed by atoms with van der Waals surface area (Å²) in [6.07, 6.45) is 4.97. The Kier molecular flexibility index (Phi) is 4.86. The molecule has 1 aliphatic carbocycles. The molecule has 7 nitrogen and oxygen atoms in total. The normalized spacial score (nSPS) is 18.8. The number of pyridine rings is 1. The van der Waals surface area contributed by atoms with E-state index < -0.39 is 0 Å². The van der Waals surface area contributed by atoms with Crippen molar-refractivity contribution in [1.29, 1.82) is 0 Å². The standard InChI is InChI=1S/C25H29N5O2/c1-2-23(31)29-8-9-30-21(16-29)24(27-25(30)17-6-7-17)19-5-3-4-18-14-22(26-15-20(18)19)28-10-12-32-13-11-28/h3-5,14-15,17H,2,6-13,16H2,1H3. The number of nitrogens with zero attached hydrogens (tertiary/aromatic N) is 5. The van der Waals surface area contributed by atoms with E-state index in [1.165, 1.54) is 29.7 Å². The highest BCUT2D eigenvalue weighted by Crippen LogP contribution is 2.43. The summed E-state index contributed by atoms with van der Waals surface area (Å²) in [6, 6.07) is 8.60. The summed E-state index contributed by atoms with van der Waals surface area (Å²) in [7, 11) is 0. The van der Waals surface area contributed by atoms with E-state index >= 15 is 0 Å². The molecule has 2 fully saturated rings. The SMILES string of the molecule is CCC(=O)N1CCn2c(C3CC3)nc(-c3cccc4cc(N5CCOCC5)ncc34)c2C1. The number of ether oxygens (including phenoxy) is 1.